The number of nitrogens with two attached hydrogens (primary N) is 1. The molecular weight excluding hydrogens is 487 g/mol. The molecule has 2 aliphatic heterocycles. The zero-order valence-corrected chi connectivity index (χ0v) is 20.0. The monoisotopic (exact) mass is 520 g/mol. The van der Waals surface area contributed by atoms with Crippen molar-refractivity contribution < 1.29 is 4.74 Å². The van der Waals surface area contributed by atoms with Crippen LogP contribution >= 0.6 is 24.0 Å². The van der Waals surface area contributed by atoms with E-state index < -0.39 is 0 Å². The van der Waals surface area contributed by atoms with Gasteiger partial charge in [-0.1, -0.05) is 49.4 Å². The van der Waals surface area contributed by atoms with Crippen molar-refractivity contribution in [1.29, 1.82) is 0 Å². The first-order valence-corrected chi connectivity index (χ1v) is 10.8. The summed E-state index contributed by atoms with van der Waals surface area (Å²) >= 11 is 0. The minimum absolute atomic E-state index is 0. The Bertz CT molecular complexity index is 849. The summed E-state index contributed by atoms with van der Waals surface area (Å²) in [7, 11) is 0. The smallest absolute Gasteiger partial charge is 0.189 e. The number of hydrogen-bond donors (Lipinski definition) is 2. The highest BCUT2D eigenvalue weighted by atomic mass is 127. The van der Waals surface area contributed by atoms with Gasteiger partial charge in [0.2, 0.25) is 0 Å². The lowest BCUT2D eigenvalue weighted by Gasteiger charge is -2.30. The summed E-state index contributed by atoms with van der Waals surface area (Å²) in [4.78, 5) is 7.14. The van der Waals surface area contributed by atoms with Gasteiger partial charge in [-0.15, -0.1) is 24.0 Å². The predicted octanol–water partition coefficient (Wildman–Crippen LogP) is 4.46. The summed E-state index contributed by atoms with van der Waals surface area (Å²) in [5, 5.41) is 3.37. The summed E-state index contributed by atoms with van der Waals surface area (Å²) in [6.45, 7) is 7.07. The summed E-state index contributed by atoms with van der Waals surface area (Å²) in [5.41, 5.74) is 9.91. The number of guanidine groups is 1. The number of rotatable bonds is 5. The Balaban J connectivity index is 0.00000256. The van der Waals surface area contributed by atoms with Crippen molar-refractivity contribution in [2.75, 3.05) is 19.7 Å². The first-order chi connectivity index (χ1) is 14.2. The third-order valence-corrected chi connectivity index (χ3v) is 5.99. The van der Waals surface area contributed by atoms with Gasteiger partial charge in [-0.3, -0.25) is 4.90 Å². The van der Waals surface area contributed by atoms with E-state index in [1.165, 1.54) is 37.1 Å². The number of halogens is 1. The molecule has 1 atom stereocenters. The molecule has 0 aromatic heterocycles. The lowest BCUT2D eigenvalue weighted by atomic mass is 9.98. The van der Waals surface area contributed by atoms with Crippen LogP contribution in [0.2, 0.25) is 0 Å². The van der Waals surface area contributed by atoms with Crippen LogP contribution in [0.1, 0.15) is 48.9 Å². The summed E-state index contributed by atoms with van der Waals surface area (Å²) in [5.74, 6) is 2.29. The van der Waals surface area contributed by atoms with E-state index in [2.05, 4.69) is 52.5 Å². The molecule has 2 aromatic carbocycles. The fourth-order valence-corrected chi connectivity index (χ4v) is 4.20. The average molecular weight is 520 g/mol. The van der Waals surface area contributed by atoms with Crippen LogP contribution in [-0.2, 0) is 13.1 Å². The molecule has 0 radical (unpaired) electrons. The molecule has 3 N–H and O–H groups in total. The number of nitrogens with one attached hydrogen (secondary N) is 1. The van der Waals surface area contributed by atoms with Gasteiger partial charge in [0.15, 0.2) is 5.96 Å². The normalized spacial score (nSPS) is 20.0. The SMILES string of the molecule is CC1CCN(Cc2cccc(CN=C(N)NC3CCOc4ccccc43)c2)CC1.I. The maximum Gasteiger partial charge on any atom is 0.189 e. The first kappa shape index (κ1) is 22.9. The number of para-hydroxylation sites is 1. The Labute approximate surface area is 197 Å². The first-order valence-electron chi connectivity index (χ1n) is 10.8. The highest BCUT2D eigenvalue weighted by molar-refractivity contribution is 14.0. The van der Waals surface area contributed by atoms with Crippen LogP contribution in [0.5, 0.6) is 5.75 Å². The van der Waals surface area contributed by atoms with Crippen molar-refractivity contribution in [3.63, 3.8) is 0 Å². The number of aliphatic imine (C=N–C) groups is 1. The van der Waals surface area contributed by atoms with E-state index in [9.17, 15) is 0 Å². The fourth-order valence-electron chi connectivity index (χ4n) is 4.20. The molecule has 1 unspecified atom stereocenters. The molecule has 30 heavy (non-hydrogen) atoms. The second-order valence-electron chi connectivity index (χ2n) is 8.35. The third-order valence-electron chi connectivity index (χ3n) is 5.99. The van der Waals surface area contributed by atoms with E-state index in [-0.39, 0.29) is 30.0 Å². The Morgan fingerprint density at radius 2 is 1.87 bits per heavy atom. The number of benzene rings is 2. The Kier molecular flexibility index (Phi) is 8.39. The van der Waals surface area contributed by atoms with Crippen molar-refractivity contribution in [3.05, 3.63) is 65.2 Å². The van der Waals surface area contributed by atoms with E-state index in [1.807, 2.05) is 18.2 Å². The van der Waals surface area contributed by atoms with Gasteiger partial charge < -0.3 is 15.8 Å². The second-order valence-corrected chi connectivity index (χ2v) is 8.35. The number of nitrogens with zero attached hydrogens (tertiary/aromatic N) is 2. The van der Waals surface area contributed by atoms with Crippen molar-refractivity contribution >= 4 is 29.9 Å². The summed E-state index contributed by atoms with van der Waals surface area (Å²) in [6, 6.07) is 17.0. The molecular formula is C24H33IN4O. The Morgan fingerprint density at radius 3 is 2.70 bits per heavy atom. The van der Waals surface area contributed by atoms with Crippen LogP contribution in [0.25, 0.3) is 0 Å². The number of ether oxygens (including phenoxy) is 1. The quantitative estimate of drug-likeness (QED) is 0.347. The van der Waals surface area contributed by atoms with E-state index in [4.69, 9.17) is 10.5 Å². The van der Waals surface area contributed by atoms with Crippen molar-refractivity contribution in [2.24, 2.45) is 16.6 Å². The fraction of sp³-hybridized carbons (Fsp3) is 0.458. The topological polar surface area (TPSA) is 62.9 Å². The van der Waals surface area contributed by atoms with Gasteiger partial charge in [-0.25, -0.2) is 4.99 Å². The van der Waals surface area contributed by atoms with Crippen LogP contribution in [-0.4, -0.2) is 30.6 Å². The minimum atomic E-state index is 0. The Morgan fingerprint density at radius 1 is 1.10 bits per heavy atom. The van der Waals surface area contributed by atoms with Crippen LogP contribution < -0.4 is 15.8 Å². The van der Waals surface area contributed by atoms with Gasteiger partial charge in [0.25, 0.3) is 0 Å². The summed E-state index contributed by atoms with van der Waals surface area (Å²) in [6.07, 6.45) is 3.50. The summed E-state index contributed by atoms with van der Waals surface area (Å²) < 4.78 is 5.72. The lowest BCUT2D eigenvalue weighted by molar-refractivity contribution is 0.185. The molecule has 0 bridgehead atoms. The molecule has 2 aliphatic rings. The molecule has 0 amide bonds. The van der Waals surface area contributed by atoms with Gasteiger partial charge in [-0.05, 0) is 49.0 Å². The molecule has 1 saturated heterocycles. The molecule has 5 nitrogen and oxygen atoms in total. The molecule has 4 rings (SSSR count). The Hall–Kier alpha value is -1.80. The largest absolute Gasteiger partial charge is 0.493 e. The maximum atomic E-state index is 6.20. The van der Waals surface area contributed by atoms with Gasteiger partial charge >= 0.3 is 0 Å². The van der Waals surface area contributed by atoms with Crippen LogP contribution in [0.3, 0.4) is 0 Å². The second kappa shape index (κ2) is 11.0. The zero-order valence-electron chi connectivity index (χ0n) is 17.7. The van der Waals surface area contributed by atoms with Crippen molar-refractivity contribution in [3.8, 4) is 5.75 Å². The third kappa shape index (κ3) is 6.11. The van der Waals surface area contributed by atoms with E-state index in [0.29, 0.717) is 19.1 Å². The molecule has 0 spiro atoms. The highest BCUT2D eigenvalue weighted by Gasteiger charge is 2.21. The molecule has 0 saturated carbocycles. The predicted molar refractivity (Wildman–Crippen MR) is 133 cm³/mol. The van der Waals surface area contributed by atoms with E-state index in [0.717, 1.165) is 30.2 Å². The van der Waals surface area contributed by atoms with Gasteiger partial charge in [-0.2, -0.15) is 0 Å². The number of fused-ring (bicyclic) bond motifs is 1. The average Bonchev–Trinajstić information content (AvgIpc) is 2.75. The molecule has 2 aromatic rings. The molecule has 2 heterocycles. The molecule has 162 valence electrons. The zero-order chi connectivity index (χ0) is 20.1. The van der Waals surface area contributed by atoms with Gasteiger partial charge in [0.05, 0.1) is 19.2 Å². The molecule has 6 heteroatoms. The number of likely N-dealkylation sites (tertiary alicyclic amines) is 1. The number of hydrogen-bond acceptors (Lipinski definition) is 3. The minimum Gasteiger partial charge on any atom is -0.493 e. The van der Waals surface area contributed by atoms with Crippen LogP contribution in [0.4, 0.5) is 0 Å². The van der Waals surface area contributed by atoms with Gasteiger partial charge in [0.1, 0.15) is 5.75 Å². The van der Waals surface area contributed by atoms with Crippen molar-refractivity contribution in [2.45, 2.75) is 45.3 Å². The highest BCUT2D eigenvalue weighted by Crippen LogP contribution is 2.31. The molecule has 1 fully saturated rings. The van der Waals surface area contributed by atoms with E-state index in [1.54, 1.807) is 0 Å². The number of piperidine rings is 1. The van der Waals surface area contributed by atoms with Crippen LogP contribution in [0, 0.1) is 5.92 Å². The lowest BCUT2D eigenvalue weighted by Crippen LogP contribution is -2.37. The standard InChI is InChI=1S/C24H32N4O.HI/c1-18-9-12-28(13-10-18)17-20-6-4-5-19(15-20)16-26-24(25)27-22-11-14-29-23-8-3-2-7-21(22)23;/h2-8,15,18,22H,9-14,16-17H2,1H3,(H3,25,26,27);1H. The van der Waals surface area contributed by atoms with Gasteiger partial charge in [0, 0.05) is 18.5 Å². The maximum absolute atomic E-state index is 6.20. The molecule has 0 aliphatic carbocycles. The van der Waals surface area contributed by atoms with E-state index >= 15 is 0 Å². The van der Waals surface area contributed by atoms with Crippen LogP contribution in [0.15, 0.2) is 53.5 Å². The van der Waals surface area contributed by atoms with Crippen molar-refractivity contribution in [1.82, 2.24) is 10.2 Å².